The smallest absolute Gasteiger partial charge is 0.135 e. The Kier molecular flexibility index (Phi) is 3.30. The maximum absolute atomic E-state index is 5.95. The van der Waals surface area contributed by atoms with Crippen molar-refractivity contribution in [1.29, 1.82) is 0 Å². The summed E-state index contributed by atoms with van der Waals surface area (Å²) < 4.78 is 0. The zero-order chi connectivity index (χ0) is 14.1. The topological polar surface area (TPSA) is 63.8 Å². The second-order valence-corrected chi connectivity index (χ2v) is 5.36. The van der Waals surface area contributed by atoms with Gasteiger partial charge < -0.3 is 11.1 Å². The summed E-state index contributed by atoms with van der Waals surface area (Å²) in [6.07, 6.45) is 1.95. The number of anilines is 2. The monoisotopic (exact) mass is 268 g/mol. The van der Waals surface area contributed by atoms with Gasteiger partial charge in [-0.2, -0.15) is 0 Å². The van der Waals surface area contributed by atoms with E-state index in [2.05, 4.69) is 45.6 Å². The average Bonchev–Trinajstić information content (AvgIpc) is 3.24. The number of nitrogens with one attached hydrogen (secondary N) is 1. The molecule has 3 N–H and O–H groups in total. The third-order valence-corrected chi connectivity index (χ3v) is 3.89. The quantitative estimate of drug-likeness (QED) is 0.895. The molecular formula is C16H20N4. The molecule has 2 atom stereocenters. The maximum Gasteiger partial charge on any atom is 0.135 e. The summed E-state index contributed by atoms with van der Waals surface area (Å²) in [4.78, 5) is 8.84. The van der Waals surface area contributed by atoms with E-state index in [0.29, 0.717) is 17.8 Å². The molecule has 0 amide bonds. The molecule has 0 radical (unpaired) electrons. The molecule has 1 heterocycles. The fraction of sp³-hybridized carbons (Fsp3) is 0.375. The lowest BCUT2D eigenvalue weighted by Gasteiger charge is -2.11. The standard InChI is InChI=1S/C16H20N4/c1-3-14-19-15(17)10(2)16(20-14)18-13-9-12(13)11-7-5-4-6-8-11/h4-8,12-13H,3,9H2,1-2H3,(H3,17,18,19,20). The van der Waals surface area contributed by atoms with E-state index < -0.39 is 0 Å². The summed E-state index contributed by atoms with van der Waals surface area (Å²) in [6, 6.07) is 11.1. The molecular weight excluding hydrogens is 248 g/mol. The molecule has 2 aromatic rings. The van der Waals surface area contributed by atoms with Crippen LogP contribution in [-0.4, -0.2) is 16.0 Å². The summed E-state index contributed by atoms with van der Waals surface area (Å²) in [6.45, 7) is 4.01. The zero-order valence-corrected chi connectivity index (χ0v) is 11.9. The number of aromatic nitrogens is 2. The first-order chi connectivity index (χ1) is 9.69. The highest BCUT2D eigenvalue weighted by Crippen LogP contribution is 2.42. The molecule has 1 aliphatic carbocycles. The number of hydrogen-bond acceptors (Lipinski definition) is 4. The van der Waals surface area contributed by atoms with Crippen LogP contribution < -0.4 is 11.1 Å². The molecule has 1 saturated carbocycles. The Balaban J connectivity index is 1.75. The van der Waals surface area contributed by atoms with Gasteiger partial charge in [0.15, 0.2) is 0 Å². The Morgan fingerprint density at radius 1 is 1.25 bits per heavy atom. The molecule has 1 fully saturated rings. The summed E-state index contributed by atoms with van der Waals surface area (Å²) >= 11 is 0. The molecule has 0 aliphatic heterocycles. The van der Waals surface area contributed by atoms with Crippen LogP contribution in [0, 0.1) is 6.92 Å². The van der Waals surface area contributed by atoms with Crippen molar-refractivity contribution in [2.75, 3.05) is 11.1 Å². The van der Waals surface area contributed by atoms with Gasteiger partial charge in [0.25, 0.3) is 0 Å². The van der Waals surface area contributed by atoms with Gasteiger partial charge in [0.2, 0.25) is 0 Å². The molecule has 0 saturated heterocycles. The van der Waals surface area contributed by atoms with Crippen molar-refractivity contribution in [3.8, 4) is 0 Å². The lowest BCUT2D eigenvalue weighted by Crippen LogP contribution is -2.11. The summed E-state index contributed by atoms with van der Waals surface area (Å²) in [5.74, 6) is 2.85. The van der Waals surface area contributed by atoms with Crippen molar-refractivity contribution in [3.05, 3.63) is 47.3 Å². The van der Waals surface area contributed by atoms with Crippen LogP contribution in [0.4, 0.5) is 11.6 Å². The third kappa shape index (κ3) is 2.46. The molecule has 4 heteroatoms. The Labute approximate surface area is 119 Å². The fourth-order valence-electron chi connectivity index (χ4n) is 2.48. The van der Waals surface area contributed by atoms with E-state index in [1.807, 2.05) is 13.8 Å². The van der Waals surface area contributed by atoms with E-state index >= 15 is 0 Å². The van der Waals surface area contributed by atoms with Gasteiger partial charge in [-0.25, -0.2) is 9.97 Å². The number of nitrogen functional groups attached to an aromatic ring is 1. The predicted molar refractivity (Wildman–Crippen MR) is 81.8 cm³/mol. The molecule has 1 aliphatic rings. The van der Waals surface area contributed by atoms with Crippen LogP contribution in [-0.2, 0) is 6.42 Å². The zero-order valence-electron chi connectivity index (χ0n) is 11.9. The maximum atomic E-state index is 5.95. The minimum absolute atomic E-state index is 0.454. The average molecular weight is 268 g/mol. The van der Waals surface area contributed by atoms with E-state index in [0.717, 1.165) is 30.0 Å². The van der Waals surface area contributed by atoms with Crippen molar-refractivity contribution in [3.63, 3.8) is 0 Å². The molecule has 20 heavy (non-hydrogen) atoms. The van der Waals surface area contributed by atoms with Crippen molar-refractivity contribution in [1.82, 2.24) is 9.97 Å². The SMILES string of the molecule is CCc1nc(N)c(C)c(NC2CC2c2ccccc2)n1. The van der Waals surface area contributed by atoms with Gasteiger partial charge in [-0.15, -0.1) is 0 Å². The lowest BCUT2D eigenvalue weighted by molar-refractivity contribution is 0.922. The molecule has 4 nitrogen and oxygen atoms in total. The second kappa shape index (κ2) is 5.12. The van der Waals surface area contributed by atoms with Crippen molar-refractivity contribution in [2.24, 2.45) is 0 Å². The first-order valence-electron chi connectivity index (χ1n) is 7.13. The van der Waals surface area contributed by atoms with Crippen molar-refractivity contribution >= 4 is 11.6 Å². The third-order valence-electron chi connectivity index (χ3n) is 3.89. The minimum Gasteiger partial charge on any atom is -0.383 e. The Morgan fingerprint density at radius 3 is 2.70 bits per heavy atom. The Hall–Kier alpha value is -2.10. The number of benzene rings is 1. The second-order valence-electron chi connectivity index (χ2n) is 5.36. The van der Waals surface area contributed by atoms with Gasteiger partial charge in [-0.3, -0.25) is 0 Å². The van der Waals surface area contributed by atoms with Gasteiger partial charge in [-0.05, 0) is 18.9 Å². The molecule has 0 spiro atoms. The minimum atomic E-state index is 0.454. The van der Waals surface area contributed by atoms with Crippen LogP contribution in [0.1, 0.15) is 36.2 Å². The highest BCUT2D eigenvalue weighted by Gasteiger charge is 2.38. The van der Waals surface area contributed by atoms with Crippen LogP contribution in [0.2, 0.25) is 0 Å². The van der Waals surface area contributed by atoms with Crippen LogP contribution in [0.5, 0.6) is 0 Å². The van der Waals surface area contributed by atoms with E-state index in [-0.39, 0.29) is 0 Å². The highest BCUT2D eigenvalue weighted by molar-refractivity contribution is 5.56. The first-order valence-corrected chi connectivity index (χ1v) is 7.13. The van der Waals surface area contributed by atoms with Gasteiger partial charge in [0, 0.05) is 23.9 Å². The van der Waals surface area contributed by atoms with Gasteiger partial charge in [-0.1, -0.05) is 37.3 Å². The number of hydrogen-bond donors (Lipinski definition) is 2. The summed E-state index contributed by atoms with van der Waals surface area (Å²) in [7, 11) is 0. The molecule has 1 aromatic carbocycles. The molecule has 3 rings (SSSR count). The molecule has 0 bridgehead atoms. The molecule has 1 aromatic heterocycles. The van der Waals surface area contributed by atoms with E-state index in [1.54, 1.807) is 0 Å². The van der Waals surface area contributed by atoms with Crippen LogP contribution in [0.25, 0.3) is 0 Å². The summed E-state index contributed by atoms with van der Waals surface area (Å²) in [5.41, 5.74) is 8.28. The van der Waals surface area contributed by atoms with E-state index in [1.165, 1.54) is 5.56 Å². The Bertz CT molecular complexity index is 609. The van der Waals surface area contributed by atoms with Crippen LogP contribution in [0.3, 0.4) is 0 Å². The molecule has 2 unspecified atom stereocenters. The largest absolute Gasteiger partial charge is 0.383 e. The predicted octanol–water partition coefficient (Wildman–Crippen LogP) is 2.90. The number of nitrogens with zero attached hydrogens (tertiary/aromatic N) is 2. The van der Waals surface area contributed by atoms with E-state index in [9.17, 15) is 0 Å². The fourth-order valence-corrected chi connectivity index (χ4v) is 2.48. The van der Waals surface area contributed by atoms with E-state index in [4.69, 9.17) is 5.73 Å². The van der Waals surface area contributed by atoms with Gasteiger partial charge >= 0.3 is 0 Å². The van der Waals surface area contributed by atoms with Gasteiger partial charge in [0.05, 0.1) is 0 Å². The Morgan fingerprint density at radius 2 is 2.00 bits per heavy atom. The summed E-state index contributed by atoms with van der Waals surface area (Å²) in [5, 5.41) is 3.52. The van der Waals surface area contributed by atoms with Crippen LogP contribution >= 0.6 is 0 Å². The molecule has 104 valence electrons. The highest BCUT2D eigenvalue weighted by atomic mass is 15.1. The number of aryl methyl sites for hydroxylation is 1. The first kappa shape index (κ1) is 12.9. The number of nitrogens with two attached hydrogens (primary N) is 1. The van der Waals surface area contributed by atoms with Crippen molar-refractivity contribution in [2.45, 2.75) is 38.6 Å². The van der Waals surface area contributed by atoms with Crippen LogP contribution in [0.15, 0.2) is 30.3 Å². The number of rotatable bonds is 4. The lowest BCUT2D eigenvalue weighted by atomic mass is 10.1. The van der Waals surface area contributed by atoms with Gasteiger partial charge in [0.1, 0.15) is 17.5 Å². The van der Waals surface area contributed by atoms with Crippen molar-refractivity contribution < 1.29 is 0 Å². The normalized spacial score (nSPS) is 20.7.